The zero-order valence-electron chi connectivity index (χ0n) is 13.4. The summed E-state index contributed by atoms with van der Waals surface area (Å²) in [6, 6.07) is 4.69. The number of fused-ring (bicyclic) bond motifs is 1. The number of nitrogens with zero attached hydrogens (tertiary/aromatic N) is 1. The smallest absolute Gasteiger partial charge is 0.224 e. The van der Waals surface area contributed by atoms with Crippen LogP contribution in [0.1, 0.15) is 30.4 Å². The minimum absolute atomic E-state index is 0.230. The first-order valence-corrected chi connectivity index (χ1v) is 7.96. The summed E-state index contributed by atoms with van der Waals surface area (Å²) in [6.07, 6.45) is 3.97. The first-order chi connectivity index (χ1) is 10.7. The van der Waals surface area contributed by atoms with E-state index in [-0.39, 0.29) is 5.91 Å². The molecule has 1 fully saturated rings. The molecule has 0 aromatic heterocycles. The summed E-state index contributed by atoms with van der Waals surface area (Å²) in [7, 11) is 3.29. The number of carbonyl (C=O) groups is 1. The second-order valence-corrected chi connectivity index (χ2v) is 6.02. The number of nitrogens with one attached hydrogen (secondary N) is 1. The zero-order chi connectivity index (χ0) is 15.5. The summed E-state index contributed by atoms with van der Waals surface area (Å²) in [5.41, 5.74) is 2.41. The standard InChI is InChI=1S/C17H24N2O3/c1-21-15-9-12-6-8-19(11-13(12)10-16(15)22-2)17(20)5-7-18-14-3-4-14/h9-10,14,18H,3-8,11H2,1-2H3. The van der Waals surface area contributed by atoms with Crippen LogP contribution < -0.4 is 14.8 Å². The number of hydrogen-bond acceptors (Lipinski definition) is 4. The molecule has 0 unspecified atom stereocenters. The van der Waals surface area contributed by atoms with Gasteiger partial charge in [0, 0.05) is 32.1 Å². The molecule has 0 radical (unpaired) electrons. The lowest BCUT2D eigenvalue weighted by Crippen LogP contribution is -2.37. The number of hydrogen-bond donors (Lipinski definition) is 1. The van der Waals surface area contributed by atoms with Crippen LogP contribution in [0, 0.1) is 0 Å². The van der Waals surface area contributed by atoms with E-state index < -0.39 is 0 Å². The van der Waals surface area contributed by atoms with Crippen LogP contribution in [0.2, 0.25) is 0 Å². The molecule has 0 saturated heterocycles. The molecule has 0 atom stereocenters. The van der Waals surface area contributed by atoms with Crippen molar-refractivity contribution in [3.05, 3.63) is 23.3 Å². The fourth-order valence-corrected chi connectivity index (χ4v) is 2.92. The van der Waals surface area contributed by atoms with Gasteiger partial charge in [0.05, 0.1) is 14.2 Å². The fourth-order valence-electron chi connectivity index (χ4n) is 2.92. The van der Waals surface area contributed by atoms with Gasteiger partial charge in [0.1, 0.15) is 0 Å². The van der Waals surface area contributed by atoms with Crippen molar-refractivity contribution in [2.75, 3.05) is 27.3 Å². The molecule has 1 aromatic rings. The molecule has 1 aromatic carbocycles. The average molecular weight is 304 g/mol. The second kappa shape index (κ2) is 6.57. The monoisotopic (exact) mass is 304 g/mol. The van der Waals surface area contributed by atoms with E-state index in [1.807, 2.05) is 17.0 Å². The molecule has 1 heterocycles. The van der Waals surface area contributed by atoms with Crippen LogP contribution in [0.15, 0.2) is 12.1 Å². The molecule has 0 bridgehead atoms. The van der Waals surface area contributed by atoms with Crippen molar-refractivity contribution in [1.82, 2.24) is 10.2 Å². The molecular weight excluding hydrogens is 280 g/mol. The van der Waals surface area contributed by atoms with Crippen LogP contribution >= 0.6 is 0 Å². The molecule has 0 spiro atoms. The summed E-state index contributed by atoms with van der Waals surface area (Å²) in [5, 5.41) is 3.40. The summed E-state index contributed by atoms with van der Waals surface area (Å²) < 4.78 is 10.7. The fraction of sp³-hybridized carbons (Fsp3) is 0.588. The number of benzene rings is 1. The van der Waals surface area contributed by atoms with Gasteiger partial charge in [-0.25, -0.2) is 0 Å². The normalized spacial score (nSPS) is 17.1. The van der Waals surface area contributed by atoms with E-state index in [4.69, 9.17) is 9.47 Å². The van der Waals surface area contributed by atoms with E-state index in [9.17, 15) is 4.79 Å². The Morgan fingerprint density at radius 1 is 1.23 bits per heavy atom. The van der Waals surface area contributed by atoms with E-state index in [2.05, 4.69) is 5.32 Å². The molecule has 1 saturated carbocycles. The van der Waals surface area contributed by atoms with Crippen molar-refractivity contribution in [2.45, 2.75) is 38.3 Å². The summed E-state index contributed by atoms with van der Waals surface area (Å²) in [4.78, 5) is 14.3. The highest BCUT2D eigenvalue weighted by molar-refractivity contribution is 5.76. The SMILES string of the molecule is COc1cc2c(cc1OC)CN(C(=O)CCNC1CC1)CC2. The number of rotatable bonds is 6. The predicted octanol–water partition coefficient (Wildman–Crippen LogP) is 1.73. The number of methoxy groups -OCH3 is 2. The zero-order valence-corrected chi connectivity index (χ0v) is 13.4. The molecule has 22 heavy (non-hydrogen) atoms. The minimum atomic E-state index is 0.230. The number of carbonyl (C=O) groups excluding carboxylic acids is 1. The third-order valence-corrected chi connectivity index (χ3v) is 4.42. The van der Waals surface area contributed by atoms with Crippen LogP contribution in [0.25, 0.3) is 0 Å². The molecule has 120 valence electrons. The first-order valence-electron chi connectivity index (χ1n) is 7.96. The maximum atomic E-state index is 12.3. The van der Waals surface area contributed by atoms with E-state index >= 15 is 0 Å². The number of amides is 1. The molecular formula is C17H24N2O3. The first kappa shape index (κ1) is 15.2. The Kier molecular flexibility index (Phi) is 4.52. The van der Waals surface area contributed by atoms with Gasteiger partial charge < -0.3 is 19.7 Å². The highest BCUT2D eigenvalue weighted by Gasteiger charge is 2.24. The Labute approximate surface area is 131 Å². The lowest BCUT2D eigenvalue weighted by molar-refractivity contribution is -0.132. The van der Waals surface area contributed by atoms with Gasteiger partial charge in [-0.3, -0.25) is 4.79 Å². The van der Waals surface area contributed by atoms with E-state index in [0.717, 1.165) is 36.6 Å². The van der Waals surface area contributed by atoms with Crippen LogP contribution in [0.4, 0.5) is 0 Å². The average Bonchev–Trinajstić information content (AvgIpc) is 3.37. The van der Waals surface area contributed by atoms with Crippen molar-refractivity contribution in [3.63, 3.8) is 0 Å². The highest BCUT2D eigenvalue weighted by atomic mass is 16.5. The van der Waals surface area contributed by atoms with Crippen molar-refractivity contribution in [3.8, 4) is 11.5 Å². The van der Waals surface area contributed by atoms with Crippen molar-refractivity contribution in [1.29, 1.82) is 0 Å². The lowest BCUT2D eigenvalue weighted by atomic mass is 9.98. The Morgan fingerprint density at radius 3 is 2.55 bits per heavy atom. The van der Waals surface area contributed by atoms with Crippen LogP contribution in [-0.4, -0.2) is 44.2 Å². The lowest BCUT2D eigenvalue weighted by Gasteiger charge is -2.29. The van der Waals surface area contributed by atoms with Gasteiger partial charge in [0.15, 0.2) is 11.5 Å². The molecule has 5 nitrogen and oxygen atoms in total. The van der Waals surface area contributed by atoms with Gasteiger partial charge in [0.2, 0.25) is 5.91 Å². The summed E-state index contributed by atoms with van der Waals surface area (Å²) in [5.74, 6) is 1.72. The van der Waals surface area contributed by atoms with Gasteiger partial charge in [0.25, 0.3) is 0 Å². The van der Waals surface area contributed by atoms with Crippen LogP contribution in [0.3, 0.4) is 0 Å². The van der Waals surface area contributed by atoms with Crippen LogP contribution in [0.5, 0.6) is 11.5 Å². The van der Waals surface area contributed by atoms with Gasteiger partial charge in [-0.05, 0) is 42.5 Å². The molecule has 5 heteroatoms. The topological polar surface area (TPSA) is 50.8 Å². The molecule has 1 amide bonds. The third kappa shape index (κ3) is 3.35. The predicted molar refractivity (Wildman–Crippen MR) is 84.3 cm³/mol. The largest absolute Gasteiger partial charge is 0.493 e. The Morgan fingerprint density at radius 2 is 1.91 bits per heavy atom. The molecule has 1 aliphatic heterocycles. The molecule has 1 N–H and O–H groups in total. The Bertz CT molecular complexity index is 555. The molecule has 2 aliphatic rings. The van der Waals surface area contributed by atoms with E-state index in [1.165, 1.54) is 18.4 Å². The number of ether oxygens (including phenoxy) is 2. The van der Waals surface area contributed by atoms with Gasteiger partial charge in [-0.2, -0.15) is 0 Å². The Hall–Kier alpha value is -1.75. The Balaban J connectivity index is 1.63. The van der Waals surface area contributed by atoms with Crippen LogP contribution in [-0.2, 0) is 17.8 Å². The third-order valence-electron chi connectivity index (χ3n) is 4.42. The highest BCUT2D eigenvalue weighted by Crippen LogP contribution is 2.33. The van der Waals surface area contributed by atoms with Crippen molar-refractivity contribution in [2.24, 2.45) is 0 Å². The molecule has 1 aliphatic carbocycles. The maximum Gasteiger partial charge on any atom is 0.224 e. The van der Waals surface area contributed by atoms with E-state index in [0.29, 0.717) is 19.0 Å². The van der Waals surface area contributed by atoms with E-state index in [1.54, 1.807) is 14.2 Å². The van der Waals surface area contributed by atoms with Gasteiger partial charge in [-0.1, -0.05) is 0 Å². The van der Waals surface area contributed by atoms with Crippen molar-refractivity contribution < 1.29 is 14.3 Å². The summed E-state index contributed by atoms with van der Waals surface area (Å²) in [6.45, 7) is 2.24. The maximum absolute atomic E-state index is 12.3. The molecule has 3 rings (SSSR count). The van der Waals surface area contributed by atoms with Crippen molar-refractivity contribution >= 4 is 5.91 Å². The summed E-state index contributed by atoms with van der Waals surface area (Å²) >= 11 is 0. The van der Waals surface area contributed by atoms with Gasteiger partial charge >= 0.3 is 0 Å². The second-order valence-electron chi connectivity index (χ2n) is 6.02. The van der Waals surface area contributed by atoms with Gasteiger partial charge in [-0.15, -0.1) is 0 Å². The quantitative estimate of drug-likeness (QED) is 0.869. The minimum Gasteiger partial charge on any atom is -0.493 e.